The maximum absolute atomic E-state index is 6.22. The zero-order valence-electron chi connectivity index (χ0n) is 13.1. The van der Waals surface area contributed by atoms with Crippen LogP contribution >= 0.6 is 0 Å². The van der Waals surface area contributed by atoms with E-state index >= 15 is 0 Å². The maximum atomic E-state index is 6.22. The van der Waals surface area contributed by atoms with Crippen molar-refractivity contribution in [2.24, 2.45) is 11.1 Å². The third-order valence-electron chi connectivity index (χ3n) is 4.28. The van der Waals surface area contributed by atoms with E-state index in [1.807, 2.05) is 25.1 Å². The Balaban J connectivity index is 2.14. The summed E-state index contributed by atoms with van der Waals surface area (Å²) >= 11 is 0. The van der Waals surface area contributed by atoms with Crippen LogP contribution in [-0.4, -0.2) is 13.2 Å². The Bertz CT molecular complexity index is 444. The average Bonchev–Trinajstić information content (AvgIpc) is 2.40. The molecule has 112 valence electrons. The molecule has 1 aliphatic rings. The molecule has 3 nitrogen and oxygen atoms in total. The van der Waals surface area contributed by atoms with Gasteiger partial charge in [-0.15, -0.1) is 0 Å². The van der Waals surface area contributed by atoms with Crippen LogP contribution in [0.3, 0.4) is 0 Å². The van der Waals surface area contributed by atoms with Crippen molar-refractivity contribution in [3.63, 3.8) is 0 Å². The summed E-state index contributed by atoms with van der Waals surface area (Å²) in [6, 6.07) is 5.81. The number of nitrogens with two attached hydrogens (primary N) is 1. The van der Waals surface area contributed by atoms with E-state index in [4.69, 9.17) is 15.2 Å². The summed E-state index contributed by atoms with van der Waals surface area (Å²) in [5.41, 5.74) is 7.51. The molecule has 0 bridgehead atoms. The third-order valence-corrected chi connectivity index (χ3v) is 4.28. The van der Waals surface area contributed by atoms with E-state index in [0.29, 0.717) is 11.5 Å². The summed E-state index contributed by atoms with van der Waals surface area (Å²) in [4.78, 5) is 0. The van der Waals surface area contributed by atoms with E-state index in [0.717, 1.165) is 29.9 Å². The number of methoxy groups -OCH3 is 1. The Morgan fingerprint density at radius 1 is 1.20 bits per heavy atom. The van der Waals surface area contributed by atoms with Crippen molar-refractivity contribution in [2.75, 3.05) is 7.11 Å². The van der Waals surface area contributed by atoms with Crippen molar-refractivity contribution < 1.29 is 9.47 Å². The van der Waals surface area contributed by atoms with Crippen molar-refractivity contribution in [1.82, 2.24) is 0 Å². The van der Waals surface area contributed by atoms with Crippen molar-refractivity contribution in [3.8, 4) is 11.5 Å². The molecule has 1 aliphatic carbocycles. The minimum Gasteiger partial charge on any atom is -0.496 e. The molecule has 20 heavy (non-hydrogen) atoms. The molecule has 1 fully saturated rings. The number of hydrogen-bond donors (Lipinski definition) is 1. The molecule has 2 N–H and O–H groups in total. The fourth-order valence-electron chi connectivity index (χ4n) is 2.92. The molecular weight excluding hydrogens is 250 g/mol. The molecule has 1 aromatic carbocycles. The highest BCUT2D eigenvalue weighted by Crippen LogP contribution is 2.39. The fraction of sp³-hybridized carbons (Fsp3) is 0.647. The number of ether oxygens (including phenoxy) is 2. The van der Waals surface area contributed by atoms with E-state index in [9.17, 15) is 0 Å². The van der Waals surface area contributed by atoms with Gasteiger partial charge in [-0.1, -0.05) is 19.9 Å². The van der Waals surface area contributed by atoms with Gasteiger partial charge >= 0.3 is 0 Å². The van der Waals surface area contributed by atoms with Crippen molar-refractivity contribution >= 4 is 0 Å². The minimum atomic E-state index is -0.0961. The molecule has 0 spiro atoms. The molecule has 3 heteroatoms. The molecular formula is C17H27NO2. The summed E-state index contributed by atoms with van der Waals surface area (Å²) in [6.45, 7) is 6.64. The van der Waals surface area contributed by atoms with Gasteiger partial charge in [-0.3, -0.25) is 0 Å². The van der Waals surface area contributed by atoms with Gasteiger partial charge in [0.2, 0.25) is 0 Å². The lowest BCUT2D eigenvalue weighted by atomic mass is 9.76. The monoisotopic (exact) mass is 277 g/mol. The van der Waals surface area contributed by atoms with Crippen LogP contribution in [0.2, 0.25) is 0 Å². The quantitative estimate of drug-likeness (QED) is 0.902. The highest BCUT2D eigenvalue weighted by Gasteiger charge is 2.28. The van der Waals surface area contributed by atoms with Gasteiger partial charge in [0.05, 0.1) is 18.8 Å². The first-order valence-electron chi connectivity index (χ1n) is 7.52. The summed E-state index contributed by atoms with van der Waals surface area (Å²) in [7, 11) is 1.67. The summed E-state index contributed by atoms with van der Waals surface area (Å²) in [5, 5.41) is 0. The number of benzene rings is 1. The summed E-state index contributed by atoms with van der Waals surface area (Å²) in [6.07, 6.45) is 4.96. The molecule has 0 heterocycles. The zero-order valence-corrected chi connectivity index (χ0v) is 13.1. The zero-order chi connectivity index (χ0) is 14.8. The predicted molar refractivity (Wildman–Crippen MR) is 82.3 cm³/mol. The van der Waals surface area contributed by atoms with E-state index in [-0.39, 0.29) is 6.04 Å². The van der Waals surface area contributed by atoms with Crippen molar-refractivity contribution in [2.45, 2.75) is 58.6 Å². The van der Waals surface area contributed by atoms with Gasteiger partial charge in [-0.25, -0.2) is 0 Å². The van der Waals surface area contributed by atoms with Crippen LogP contribution in [0, 0.1) is 5.41 Å². The van der Waals surface area contributed by atoms with Crippen LogP contribution in [0.4, 0.5) is 0 Å². The predicted octanol–water partition coefficient (Wildman–Crippen LogP) is 4.06. The Morgan fingerprint density at radius 2 is 1.80 bits per heavy atom. The Hall–Kier alpha value is -1.22. The molecule has 0 amide bonds. The standard InChI is InChI=1S/C17H27NO2/c1-12(18)16-14(19-4)6-5-7-15(16)20-13-8-10-17(2,3)11-9-13/h5-7,12-13H,8-11,18H2,1-4H3/t12-/m1/s1. The van der Waals surface area contributed by atoms with Crippen LogP contribution in [-0.2, 0) is 0 Å². The van der Waals surface area contributed by atoms with Gasteiger partial charge in [-0.2, -0.15) is 0 Å². The van der Waals surface area contributed by atoms with Crippen LogP contribution in [0.25, 0.3) is 0 Å². The average molecular weight is 277 g/mol. The Labute approximate surface area is 122 Å². The smallest absolute Gasteiger partial charge is 0.128 e. The van der Waals surface area contributed by atoms with Gasteiger partial charge in [0.15, 0.2) is 0 Å². The largest absolute Gasteiger partial charge is 0.496 e. The van der Waals surface area contributed by atoms with E-state index in [1.165, 1.54) is 12.8 Å². The fourth-order valence-corrected chi connectivity index (χ4v) is 2.92. The van der Waals surface area contributed by atoms with Gasteiger partial charge in [-0.05, 0) is 50.2 Å². The second-order valence-electron chi connectivity index (χ2n) is 6.64. The van der Waals surface area contributed by atoms with Gasteiger partial charge in [0.1, 0.15) is 11.5 Å². The SMILES string of the molecule is COc1cccc(OC2CCC(C)(C)CC2)c1[C@@H](C)N. The van der Waals surface area contributed by atoms with Gasteiger partial charge in [0, 0.05) is 6.04 Å². The van der Waals surface area contributed by atoms with Crippen LogP contribution < -0.4 is 15.2 Å². The van der Waals surface area contributed by atoms with Crippen LogP contribution in [0.5, 0.6) is 11.5 Å². The first-order valence-corrected chi connectivity index (χ1v) is 7.52. The van der Waals surface area contributed by atoms with E-state index in [2.05, 4.69) is 13.8 Å². The molecule has 1 atom stereocenters. The van der Waals surface area contributed by atoms with Gasteiger partial charge in [0.25, 0.3) is 0 Å². The second-order valence-corrected chi connectivity index (χ2v) is 6.64. The Morgan fingerprint density at radius 3 is 2.35 bits per heavy atom. The summed E-state index contributed by atoms with van der Waals surface area (Å²) < 4.78 is 11.6. The lowest BCUT2D eigenvalue weighted by molar-refractivity contribution is 0.0974. The van der Waals surface area contributed by atoms with Crippen LogP contribution in [0.15, 0.2) is 18.2 Å². The molecule has 0 aromatic heterocycles. The lowest BCUT2D eigenvalue weighted by Gasteiger charge is -2.34. The number of rotatable bonds is 4. The molecule has 0 saturated heterocycles. The van der Waals surface area contributed by atoms with E-state index in [1.54, 1.807) is 7.11 Å². The molecule has 1 saturated carbocycles. The van der Waals surface area contributed by atoms with Crippen LogP contribution in [0.1, 0.15) is 58.1 Å². The summed E-state index contributed by atoms with van der Waals surface area (Å²) in [5.74, 6) is 1.69. The highest BCUT2D eigenvalue weighted by molar-refractivity contribution is 5.46. The minimum absolute atomic E-state index is 0.0961. The normalized spacial score (nSPS) is 20.4. The molecule has 0 unspecified atom stereocenters. The number of hydrogen-bond acceptors (Lipinski definition) is 3. The molecule has 2 rings (SSSR count). The first kappa shape index (κ1) is 15.2. The van der Waals surface area contributed by atoms with Crippen molar-refractivity contribution in [3.05, 3.63) is 23.8 Å². The lowest BCUT2D eigenvalue weighted by Crippen LogP contribution is -2.28. The van der Waals surface area contributed by atoms with E-state index < -0.39 is 0 Å². The second kappa shape index (κ2) is 6.04. The third kappa shape index (κ3) is 3.45. The topological polar surface area (TPSA) is 44.5 Å². The maximum Gasteiger partial charge on any atom is 0.128 e. The molecule has 0 radical (unpaired) electrons. The van der Waals surface area contributed by atoms with Gasteiger partial charge < -0.3 is 15.2 Å². The molecule has 1 aromatic rings. The first-order chi connectivity index (χ1) is 9.43. The molecule has 0 aliphatic heterocycles. The Kier molecular flexibility index (Phi) is 4.59. The highest BCUT2D eigenvalue weighted by atomic mass is 16.5. The van der Waals surface area contributed by atoms with Crippen molar-refractivity contribution in [1.29, 1.82) is 0 Å².